The lowest BCUT2D eigenvalue weighted by Crippen LogP contribution is -1.99. The summed E-state index contributed by atoms with van der Waals surface area (Å²) >= 11 is 0. The van der Waals surface area contributed by atoms with Gasteiger partial charge in [0.25, 0.3) is 0 Å². The smallest absolute Gasteiger partial charge is 0.119 e. The van der Waals surface area contributed by atoms with E-state index < -0.39 is 0 Å². The van der Waals surface area contributed by atoms with Crippen molar-refractivity contribution >= 4 is 5.71 Å². The van der Waals surface area contributed by atoms with Gasteiger partial charge in [-0.1, -0.05) is 30.6 Å². The monoisotopic (exact) mass is 221 g/mol. The van der Waals surface area contributed by atoms with Crippen molar-refractivity contribution < 1.29 is 9.94 Å². The van der Waals surface area contributed by atoms with Crippen LogP contribution in [0.25, 0.3) is 0 Å². The van der Waals surface area contributed by atoms with E-state index in [0.29, 0.717) is 12.1 Å². The zero-order valence-electron chi connectivity index (χ0n) is 9.94. The first kappa shape index (κ1) is 12.6. The van der Waals surface area contributed by atoms with Crippen LogP contribution < -0.4 is 4.74 Å². The van der Waals surface area contributed by atoms with Gasteiger partial charge >= 0.3 is 0 Å². The average molecular weight is 221 g/mol. The molecule has 0 aromatic heterocycles. The van der Waals surface area contributed by atoms with Gasteiger partial charge in [-0.3, -0.25) is 0 Å². The van der Waals surface area contributed by atoms with Crippen molar-refractivity contribution in [3.8, 4) is 5.75 Å². The molecule has 3 nitrogen and oxygen atoms in total. The lowest BCUT2D eigenvalue weighted by atomic mass is 10.1. The molecule has 0 aliphatic heterocycles. The van der Waals surface area contributed by atoms with E-state index in [9.17, 15) is 0 Å². The van der Waals surface area contributed by atoms with Crippen molar-refractivity contribution in [2.45, 2.75) is 33.1 Å². The molecule has 16 heavy (non-hydrogen) atoms. The van der Waals surface area contributed by atoms with Gasteiger partial charge < -0.3 is 9.94 Å². The average Bonchev–Trinajstić information content (AvgIpc) is 2.31. The Hall–Kier alpha value is -1.51. The molecule has 0 atom stereocenters. The van der Waals surface area contributed by atoms with Crippen molar-refractivity contribution in [3.05, 3.63) is 29.8 Å². The third-order valence-electron chi connectivity index (χ3n) is 2.32. The molecule has 0 radical (unpaired) electrons. The van der Waals surface area contributed by atoms with E-state index in [1.165, 1.54) is 0 Å². The van der Waals surface area contributed by atoms with Gasteiger partial charge in [0, 0.05) is 6.42 Å². The number of oxime groups is 1. The number of hydrogen-bond donors (Lipinski definition) is 1. The van der Waals surface area contributed by atoms with Crippen molar-refractivity contribution in [1.82, 2.24) is 0 Å². The molecular weight excluding hydrogens is 202 g/mol. The third kappa shape index (κ3) is 4.34. The lowest BCUT2D eigenvalue weighted by molar-refractivity contribution is 0.309. The van der Waals surface area contributed by atoms with E-state index in [4.69, 9.17) is 9.94 Å². The maximum absolute atomic E-state index is 8.56. The molecule has 1 aromatic rings. The highest BCUT2D eigenvalue weighted by Gasteiger charge is 1.98. The van der Waals surface area contributed by atoms with Crippen LogP contribution in [0.15, 0.2) is 29.4 Å². The Labute approximate surface area is 96.7 Å². The van der Waals surface area contributed by atoms with Crippen LogP contribution in [0.3, 0.4) is 0 Å². The van der Waals surface area contributed by atoms with Gasteiger partial charge in [0.05, 0.1) is 12.3 Å². The maximum atomic E-state index is 8.56. The Bertz CT molecular complexity index is 330. The lowest BCUT2D eigenvalue weighted by Gasteiger charge is -2.06. The van der Waals surface area contributed by atoms with E-state index in [2.05, 4.69) is 12.1 Å². The Morgan fingerprint density at radius 1 is 1.31 bits per heavy atom. The summed E-state index contributed by atoms with van der Waals surface area (Å²) < 4.78 is 5.55. The van der Waals surface area contributed by atoms with Crippen molar-refractivity contribution in [1.29, 1.82) is 0 Å². The van der Waals surface area contributed by atoms with Crippen LogP contribution in [0.1, 0.15) is 32.3 Å². The minimum atomic E-state index is 0.672. The summed E-state index contributed by atoms with van der Waals surface area (Å²) in [5, 5.41) is 11.7. The van der Waals surface area contributed by atoms with E-state index in [-0.39, 0.29) is 0 Å². The fourth-order valence-electron chi connectivity index (χ4n) is 1.37. The fourth-order valence-corrected chi connectivity index (χ4v) is 1.37. The number of hydrogen-bond acceptors (Lipinski definition) is 3. The summed E-state index contributed by atoms with van der Waals surface area (Å²) in [7, 11) is 0. The molecule has 88 valence electrons. The number of unbranched alkanes of at least 4 members (excludes halogenated alkanes) is 1. The van der Waals surface area contributed by atoms with Crippen molar-refractivity contribution in [3.63, 3.8) is 0 Å². The normalized spacial score (nSPS) is 11.5. The Morgan fingerprint density at radius 3 is 2.56 bits per heavy atom. The Balaban J connectivity index is 2.47. The number of rotatable bonds is 6. The molecule has 0 heterocycles. The number of nitrogens with zero attached hydrogens (tertiary/aromatic N) is 1. The highest BCUT2D eigenvalue weighted by Crippen LogP contribution is 2.13. The van der Waals surface area contributed by atoms with E-state index in [0.717, 1.165) is 30.8 Å². The molecule has 0 bridgehead atoms. The molecule has 0 saturated carbocycles. The predicted molar refractivity (Wildman–Crippen MR) is 65.4 cm³/mol. The van der Waals surface area contributed by atoms with Gasteiger partial charge in [0.15, 0.2) is 0 Å². The topological polar surface area (TPSA) is 41.8 Å². The van der Waals surface area contributed by atoms with Gasteiger partial charge in [0.2, 0.25) is 0 Å². The summed E-state index contributed by atoms with van der Waals surface area (Å²) in [5.41, 5.74) is 1.83. The van der Waals surface area contributed by atoms with Crippen molar-refractivity contribution in [2.75, 3.05) is 6.61 Å². The van der Waals surface area contributed by atoms with Crippen LogP contribution in [0, 0.1) is 0 Å². The number of ether oxygens (including phenoxy) is 1. The summed E-state index contributed by atoms with van der Waals surface area (Å²) in [5.74, 6) is 0.899. The molecule has 0 saturated heterocycles. The van der Waals surface area contributed by atoms with Gasteiger partial charge in [-0.25, -0.2) is 0 Å². The molecule has 0 spiro atoms. The summed E-state index contributed by atoms with van der Waals surface area (Å²) in [6.07, 6.45) is 2.90. The van der Waals surface area contributed by atoms with E-state index in [1.54, 1.807) is 6.92 Å². The second-order valence-electron chi connectivity index (χ2n) is 3.86. The molecule has 1 N–H and O–H groups in total. The summed E-state index contributed by atoms with van der Waals surface area (Å²) in [6, 6.07) is 7.90. The van der Waals surface area contributed by atoms with Gasteiger partial charge in [-0.05, 0) is 31.0 Å². The van der Waals surface area contributed by atoms with Gasteiger partial charge in [-0.15, -0.1) is 0 Å². The van der Waals surface area contributed by atoms with Crippen LogP contribution in [0.4, 0.5) is 0 Å². The predicted octanol–water partition coefficient (Wildman–Crippen LogP) is 3.26. The largest absolute Gasteiger partial charge is 0.494 e. The maximum Gasteiger partial charge on any atom is 0.119 e. The minimum Gasteiger partial charge on any atom is -0.494 e. The summed E-state index contributed by atoms with van der Waals surface area (Å²) in [4.78, 5) is 0. The van der Waals surface area contributed by atoms with E-state index >= 15 is 0 Å². The van der Waals surface area contributed by atoms with Crippen LogP contribution in [-0.4, -0.2) is 17.5 Å². The van der Waals surface area contributed by atoms with E-state index in [1.807, 2.05) is 24.3 Å². The Morgan fingerprint density at radius 2 is 2.00 bits per heavy atom. The first-order valence-electron chi connectivity index (χ1n) is 5.65. The first-order valence-corrected chi connectivity index (χ1v) is 5.65. The molecule has 1 rings (SSSR count). The van der Waals surface area contributed by atoms with Crippen LogP contribution in [-0.2, 0) is 6.42 Å². The molecule has 0 unspecified atom stereocenters. The molecule has 0 aliphatic carbocycles. The molecule has 0 amide bonds. The second kappa shape index (κ2) is 6.88. The van der Waals surface area contributed by atoms with Crippen LogP contribution >= 0.6 is 0 Å². The highest BCUT2D eigenvalue weighted by atomic mass is 16.5. The van der Waals surface area contributed by atoms with Gasteiger partial charge in [-0.2, -0.15) is 0 Å². The molecule has 1 aromatic carbocycles. The quantitative estimate of drug-likeness (QED) is 0.347. The minimum absolute atomic E-state index is 0.672. The van der Waals surface area contributed by atoms with Crippen LogP contribution in [0.5, 0.6) is 5.75 Å². The highest BCUT2D eigenvalue weighted by molar-refractivity contribution is 5.83. The zero-order valence-corrected chi connectivity index (χ0v) is 9.94. The fraction of sp³-hybridized carbons (Fsp3) is 0.462. The molecule has 0 aliphatic rings. The molecular formula is C13H19NO2. The van der Waals surface area contributed by atoms with Crippen LogP contribution in [0.2, 0.25) is 0 Å². The zero-order chi connectivity index (χ0) is 11.8. The van der Waals surface area contributed by atoms with Gasteiger partial charge in [0.1, 0.15) is 5.75 Å². The molecule has 0 fully saturated rings. The Kier molecular flexibility index (Phi) is 5.40. The molecule has 3 heteroatoms. The third-order valence-corrected chi connectivity index (χ3v) is 2.32. The SMILES string of the molecule is CCCCOc1ccc(C/C(C)=N/O)cc1. The number of benzene rings is 1. The summed E-state index contributed by atoms with van der Waals surface area (Å²) in [6.45, 7) is 4.71. The van der Waals surface area contributed by atoms with Crippen molar-refractivity contribution in [2.24, 2.45) is 5.16 Å². The first-order chi connectivity index (χ1) is 7.76. The standard InChI is InChI=1S/C13H19NO2/c1-3-4-9-16-13-7-5-12(6-8-13)10-11(2)14-15/h5-8,15H,3-4,9-10H2,1-2H3/b14-11+. The second-order valence-corrected chi connectivity index (χ2v) is 3.86.